The van der Waals surface area contributed by atoms with Gasteiger partial charge in [-0.05, 0) is 44.9 Å². The Labute approximate surface area is 152 Å². The topological polar surface area (TPSA) is 18.5 Å². The summed E-state index contributed by atoms with van der Waals surface area (Å²) in [4.78, 5) is 0. The summed E-state index contributed by atoms with van der Waals surface area (Å²) in [5, 5.41) is 0. The largest absolute Gasteiger partial charge is 0.381 e. The number of hydrogen-bond donors (Lipinski definition) is 0. The average Bonchev–Trinajstić information content (AvgIpc) is 2.57. The van der Waals surface area contributed by atoms with Gasteiger partial charge in [-0.1, -0.05) is 70.9 Å². The van der Waals surface area contributed by atoms with Crippen molar-refractivity contribution in [1.29, 1.82) is 0 Å². The van der Waals surface area contributed by atoms with Crippen LogP contribution in [-0.4, -0.2) is 26.4 Å². The highest BCUT2D eigenvalue weighted by molar-refractivity contribution is 4.97. The van der Waals surface area contributed by atoms with Crippen LogP contribution >= 0.6 is 0 Å². The third kappa shape index (κ3) is 18.0. The number of rotatable bonds is 18. The van der Waals surface area contributed by atoms with E-state index in [-0.39, 0.29) is 0 Å². The summed E-state index contributed by atoms with van der Waals surface area (Å²) in [5.74, 6) is 0.679. The average molecular weight is 341 g/mol. The maximum Gasteiger partial charge on any atom is 0.0649 e. The maximum absolute atomic E-state index is 5.78. The summed E-state index contributed by atoms with van der Waals surface area (Å²) in [6, 6.07) is 0. The van der Waals surface area contributed by atoms with E-state index in [0.717, 1.165) is 26.4 Å². The second-order valence-corrected chi connectivity index (χ2v) is 7.32. The van der Waals surface area contributed by atoms with Gasteiger partial charge in [0.15, 0.2) is 0 Å². The van der Waals surface area contributed by atoms with Crippen molar-refractivity contribution in [2.45, 2.75) is 98.3 Å². The zero-order valence-corrected chi connectivity index (χ0v) is 17.1. The molecule has 0 aliphatic rings. The minimum absolute atomic E-state index is 0.679. The first-order valence-electron chi connectivity index (χ1n) is 10.5. The van der Waals surface area contributed by atoms with E-state index in [4.69, 9.17) is 9.47 Å². The fourth-order valence-corrected chi connectivity index (χ4v) is 2.75. The quantitative estimate of drug-likeness (QED) is 0.199. The molecule has 0 aliphatic heterocycles. The van der Waals surface area contributed by atoms with Crippen molar-refractivity contribution in [3.05, 3.63) is 11.6 Å². The molecule has 1 unspecified atom stereocenters. The van der Waals surface area contributed by atoms with Crippen molar-refractivity contribution in [3.8, 4) is 0 Å². The minimum Gasteiger partial charge on any atom is -0.381 e. The van der Waals surface area contributed by atoms with Crippen molar-refractivity contribution < 1.29 is 9.47 Å². The van der Waals surface area contributed by atoms with Crippen LogP contribution < -0.4 is 0 Å². The molecule has 0 radical (unpaired) electrons. The van der Waals surface area contributed by atoms with Gasteiger partial charge >= 0.3 is 0 Å². The molecule has 2 nitrogen and oxygen atoms in total. The van der Waals surface area contributed by atoms with Gasteiger partial charge in [0.05, 0.1) is 6.61 Å². The summed E-state index contributed by atoms with van der Waals surface area (Å²) >= 11 is 0. The molecular weight excluding hydrogens is 296 g/mol. The van der Waals surface area contributed by atoms with Gasteiger partial charge in [-0.2, -0.15) is 0 Å². The van der Waals surface area contributed by atoms with Crippen LogP contribution in [0.3, 0.4) is 0 Å². The molecule has 0 aromatic heterocycles. The van der Waals surface area contributed by atoms with Gasteiger partial charge in [0.1, 0.15) is 0 Å². The number of unbranched alkanes of at least 4 members (excludes halogenated alkanes) is 6. The molecule has 0 fully saturated rings. The fourth-order valence-electron chi connectivity index (χ4n) is 2.75. The third-order valence-electron chi connectivity index (χ3n) is 4.50. The lowest BCUT2D eigenvalue weighted by Gasteiger charge is -2.12. The second-order valence-electron chi connectivity index (χ2n) is 7.32. The van der Waals surface area contributed by atoms with Gasteiger partial charge < -0.3 is 9.47 Å². The molecule has 144 valence electrons. The van der Waals surface area contributed by atoms with Crippen LogP contribution in [0, 0.1) is 5.92 Å². The molecule has 0 saturated carbocycles. The maximum atomic E-state index is 5.78. The number of hydrogen-bond acceptors (Lipinski definition) is 2. The van der Waals surface area contributed by atoms with Crippen LogP contribution in [0.4, 0.5) is 0 Å². The van der Waals surface area contributed by atoms with Crippen molar-refractivity contribution in [1.82, 2.24) is 0 Å². The molecule has 0 aromatic rings. The van der Waals surface area contributed by atoms with Crippen LogP contribution in [0.25, 0.3) is 0 Å². The number of allylic oxidation sites excluding steroid dienone is 1. The van der Waals surface area contributed by atoms with Gasteiger partial charge in [0.25, 0.3) is 0 Å². The summed E-state index contributed by atoms with van der Waals surface area (Å²) in [5.41, 5.74) is 1.47. The minimum atomic E-state index is 0.679. The lowest BCUT2D eigenvalue weighted by Crippen LogP contribution is -2.07. The first kappa shape index (κ1) is 23.7. The van der Waals surface area contributed by atoms with E-state index < -0.39 is 0 Å². The first-order chi connectivity index (χ1) is 11.7. The number of ether oxygens (including phenoxy) is 2. The van der Waals surface area contributed by atoms with Gasteiger partial charge in [-0.25, -0.2) is 0 Å². The van der Waals surface area contributed by atoms with Crippen LogP contribution in [-0.2, 0) is 9.47 Å². The van der Waals surface area contributed by atoms with Gasteiger partial charge in [0.2, 0.25) is 0 Å². The highest BCUT2D eigenvalue weighted by Gasteiger charge is 2.02. The highest BCUT2D eigenvalue weighted by Crippen LogP contribution is 2.13. The van der Waals surface area contributed by atoms with Gasteiger partial charge in [-0.3, -0.25) is 0 Å². The zero-order chi connectivity index (χ0) is 17.9. The van der Waals surface area contributed by atoms with E-state index >= 15 is 0 Å². The SMILES string of the molecule is CCCCCCOCC=C(C)CCCC(C)COCCCCCC. The lowest BCUT2D eigenvalue weighted by atomic mass is 10.0. The van der Waals surface area contributed by atoms with Crippen LogP contribution in [0.1, 0.15) is 98.3 Å². The molecule has 0 rings (SSSR count). The molecule has 24 heavy (non-hydrogen) atoms. The molecule has 0 saturated heterocycles. The van der Waals surface area contributed by atoms with Crippen LogP contribution in [0.15, 0.2) is 11.6 Å². The van der Waals surface area contributed by atoms with E-state index in [1.54, 1.807) is 0 Å². The lowest BCUT2D eigenvalue weighted by molar-refractivity contribution is 0.0979. The van der Waals surface area contributed by atoms with E-state index in [1.807, 2.05) is 0 Å². The van der Waals surface area contributed by atoms with Gasteiger partial charge in [-0.15, -0.1) is 0 Å². The van der Waals surface area contributed by atoms with E-state index in [9.17, 15) is 0 Å². The summed E-state index contributed by atoms with van der Waals surface area (Å²) < 4.78 is 11.5. The predicted octanol–water partition coefficient (Wildman–Crippen LogP) is 6.93. The highest BCUT2D eigenvalue weighted by atomic mass is 16.5. The van der Waals surface area contributed by atoms with Crippen molar-refractivity contribution in [3.63, 3.8) is 0 Å². The Hall–Kier alpha value is -0.340. The molecular formula is C22H44O2. The van der Waals surface area contributed by atoms with Crippen LogP contribution in [0.2, 0.25) is 0 Å². The van der Waals surface area contributed by atoms with Crippen molar-refractivity contribution in [2.24, 2.45) is 5.92 Å². The van der Waals surface area contributed by atoms with E-state index in [1.165, 1.54) is 76.2 Å². The van der Waals surface area contributed by atoms with E-state index in [2.05, 4.69) is 33.8 Å². The summed E-state index contributed by atoms with van der Waals surface area (Å²) in [6.07, 6.45) is 16.3. The Bertz CT molecular complexity index is 273. The Kier molecular flexibility index (Phi) is 18.7. The molecule has 1 atom stereocenters. The molecule has 0 amide bonds. The monoisotopic (exact) mass is 340 g/mol. The Morgan fingerprint density at radius 3 is 2.08 bits per heavy atom. The molecule has 0 spiro atoms. The fraction of sp³-hybridized carbons (Fsp3) is 0.909. The summed E-state index contributed by atoms with van der Waals surface area (Å²) in [6.45, 7) is 12.6. The molecule has 0 heterocycles. The van der Waals surface area contributed by atoms with E-state index in [0.29, 0.717) is 5.92 Å². The van der Waals surface area contributed by atoms with Crippen molar-refractivity contribution in [2.75, 3.05) is 26.4 Å². The molecule has 0 aliphatic carbocycles. The molecule has 0 aromatic carbocycles. The zero-order valence-electron chi connectivity index (χ0n) is 17.1. The second kappa shape index (κ2) is 19.0. The predicted molar refractivity (Wildman–Crippen MR) is 107 cm³/mol. The third-order valence-corrected chi connectivity index (χ3v) is 4.50. The van der Waals surface area contributed by atoms with Gasteiger partial charge in [0, 0.05) is 19.8 Å². The van der Waals surface area contributed by atoms with Crippen molar-refractivity contribution >= 4 is 0 Å². The normalized spacial score (nSPS) is 13.4. The first-order valence-corrected chi connectivity index (χ1v) is 10.5. The standard InChI is InChI=1S/C22H44O2/c1-5-7-9-11-17-23-19-16-21(3)14-13-15-22(4)20-24-18-12-10-8-6-2/h16,22H,5-15,17-20H2,1-4H3. The Morgan fingerprint density at radius 2 is 1.46 bits per heavy atom. The van der Waals surface area contributed by atoms with Crippen LogP contribution in [0.5, 0.6) is 0 Å². The molecule has 0 bridgehead atoms. The summed E-state index contributed by atoms with van der Waals surface area (Å²) in [7, 11) is 0. The smallest absolute Gasteiger partial charge is 0.0649 e. The molecule has 0 N–H and O–H groups in total. The molecule has 2 heteroatoms. The Morgan fingerprint density at radius 1 is 0.833 bits per heavy atom. The Balaban J connectivity index is 3.41.